The van der Waals surface area contributed by atoms with Gasteiger partial charge in [-0.1, -0.05) is 6.08 Å². The molecule has 0 aromatic heterocycles. The van der Waals surface area contributed by atoms with Crippen LogP contribution in [0, 0.1) is 0 Å². The van der Waals surface area contributed by atoms with E-state index in [4.69, 9.17) is 0 Å². The van der Waals surface area contributed by atoms with Crippen LogP contribution in [0.15, 0.2) is 12.7 Å². The second kappa shape index (κ2) is 8.17. The number of ketones is 1. The zero-order valence-electron chi connectivity index (χ0n) is 9.41. The van der Waals surface area contributed by atoms with Gasteiger partial charge in [0, 0.05) is 12.8 Å². The number of likely N-dealkylation sites (N-methyl/N-ethyl adjacent to an activating group) is 1. The lowest BCUT2D eigenvalue weighted by Gasteiger charge is -2.12. The van der Waals surface area contributed by atoms with Gasteiger partial charge in [-0.05, 0) is 19.9 Å². The SMILES string of the molecule is C=CCCC(=O)CC[C@H](NC)C(=O)OC. The first-order valence-electron chi connectivity index (χ1n) is 5.03. The summed E-state index contributed by atoms with van der Waals surface area (Å²) in [5.74, 6) is -0.173. The largest absolute Gasteiger partial charge is 0.468 e. The smallest absolute Gasteiger partial charge is 0.322 e. The van der Waals surface area contributed by atoms with E-state index in [1.54, 1.807) is 13.1 Å². The molecule has 0 saturated carbocycles. The molecule has 0 saturated heterocycles. The Morgan fingerprint density at radius 2 is 2.13 bits per heavy atom. The molecule has 1 N–H and O–H groups in total. The van der Waals surface area contributed by atoms with Crippen LogP contribution in [0.1, 0.15) is 25.7 Å². The topological polar surface area (TPSA) is 55.4 Å². The Balaban J connectivity index is 3.84. The molecule has 0 amide bonds. The molecule has 0 unspecified atom stereocenters. The first-order valence-corrected chi connectivity index (χ1v) is 5.03. The first kappa shape index (κ1) is 13.8. The fraction of sp³-hybridized carbons (Fsp3) is 0.636. The number of carbonyl (C=O) groups excluding carboxylic acids is 2. The standard InChI is InChI=1S/C11H19NO3/c1-4-5-6-9(13)7-8-10(12-2)11(14)15-3/h4,10,12H,1,5-8H2,2-3H3/t10-/m0/s1. The molecule has 0 aromatic carbocycles. The van der Waals surface area contributed by atoms with Gasteiger partial charge < -0.3 is 10.1 Å². The first-order chi connectivity index (χ1) is 7.15. The maximum Gasteiger partial charge on any atom is 0.322 e. The van der Waals surface area contributed by atoms with Gasteiger partial charge in [0.25, 0.3) is 0 Å². The van der Waals surface area contributed by atoms with Crippen LogP contribution in [-0.4, -0.2) is 32.0 Å². The Bertz CT molecular complexity index is 226. The molecule has 0 spiro atoms. The highest BCUT2D eigenvalue weighted by molar-refractivity contribution is 5.80. The number of ether oxygens (including phenoxy) is 1. The third-order valence-corrected chi connectivity index (χ3v) is 2.17. The lowest BCUT2D eigenvalue weighted by atomic mass is 10.1. The zero-order chi connectivity index (χ0) is 11.7. The normalized spacial score (nSPS) is 11.9. The van der Waals surface area contributed by atoms with Crippen LogP contribution >= 0.6 is 0 Å². The molecule has 0 fully saturated rings. The molecule has 1 atom stereocenters. The highest BCUT2D eigenvalue weighted by Crippen LogP contribution is 2.03. The number of nitrogens with one attached hydrogen (secondary N) is 1. The summed E-state index contributed by atoms with van der Waals surface area (Å²) in [5, 5.41) is 2.82. The van der Waals surface area contributed by atoms with E-state index >= 15 is 0 Å². The van der Waals surface area contributed by atoms with Crippen molar-refractivity contribution in [2.24, 2.45) is 0 Å². The third kappa shape index (κ3) is 6.01. The molecule has 0 aliphatic heterocycles. The number of rotatable bonds is 8. The van der Waals surface area contributed by atoms with Crippen LogP contribution in [0.4, 0.5) is 0 Å². The van der Waals surface area contributed by atoms with E-state index in [-0.39, 0.29) is 17.8 Å². The number of esters is 1. The Labute approximate surface area is 90.7 Å². The lowest BCUT2D eigenvalue weighted by molar-refractivity contribution is -0.143. The van der Waals surface area contributed by atoms with E-state index in [0.29, 0.717) is 25.7 Å². The molecule has 0 rings (SSSR count). The zero-order valence-corrected chi connectivity index (χ0v) is 9.41. The number of allylic oxidation sites excluding steroid dienone is 1. The minimum Gasteiger partial charge on any atom is -0.468 e. The number of methoxy groups -OCH3 is 1. The summed E-state index contributed by atoms with van der Waals surface area (Å²) in [6.07, 6.45) is 3.80. The Hall–Kier alpha value is -1.16. The Morgan fingerprint density at radius 3 is 2.60 bits per heavy atom. The molecule has 0 aliphatic rings. The number of Topliss-reactive ketones (excluding diaryl/α,β-unsaturated/α-hetero) is 1. The predicted octanol–water partition coefficient (Wildman–Crippen LogP) is 1.06. The van der Waals surface area contributed by atoms with Crippen molar-refractivity contribution in [3.63, 3.8) is 0 Å². The fourth-order valence-electron chi connectivity index (χ4n) is 1.22. The third-order valence-electron chi connectivity index (χ3n) is 2.17. The van der Waals surface area contributed by atoms with Gasteiger partial charge in [-0.15, -0.1) is 6.58 Å². The molecule has 4 heteroatoms. The summed E-state index contributed by atoms with van der Waals surface area (Å²) in [6, 6.07) is -0.386. The fourth-order valence-corrected chi connectivity index (χ4v) is 1.22. The summed E-state index contributed by atoms with van der Waals surface area (Å²) < 4.78 is 4.59. The number of carbonyl (C=O) groups is 2. The van der Waals surface area contributed by atoms with Crippen LogP contribution in [0.5, 0.6) is 0 Å². The highest BCUT2D eigenvalue weighted by Gasteiger charge is 2.17. The van der Waals surface area contributed by atoms with Crippen molar-refractivity contribution >= 4 is 11.8 Å². The Kier molecular flexibility index (Phi) is 7.54. The van der Waals surface area contributed by atoms with E-state index in [2.05, 4.69) is 16.6 Å². The lowest BCUT2D eigenvalue weighted by Crippen LogP contribution is -2.35. The average Bonchev–Trinajstić information content (AvgIpc) is 2.26. The van der Waals surface area contributed by atoms with Crippen LogP contribution in [0.2, 0.25) is 0 Å². The number of hydrogen-bond acceptors (Lipinski definition) is 4. The van der Waals surface area contributed by atoms with Crippen molar-refractivity contribution < 1.29 is 14.3 Å². The Morgan fingerprint density at radius 1 is 1.47 bits per heavy atom. The van der Waals surface area contributed by atoms with Crippen LogP contribution in [-0.2, 0) is 14.3 Å². The monoisotopic (exact) mass is 213 g/mol. The summed E-state index contributed by atoms with van der Waals surface area (Å²) in [6.45, 7) is 3.55. The quantitative estimate of drug-likeness (QED) is 0.484. The van der Waals surface area contributed by atoms with Gasteiger partial charge in [-0.2, -0.15) is 0 Å². The summed E-state index contributed by atoms with van der Waals surface area (Å²) >= 11 is 0. The second-order valence-corrected chi connectivity index (χ2v) is 3.27. The minimum absolute atomic E-state index is 0.152. The maximum atomic E-state index is 11.3. The van der Waals surface area contributed by atoms with Crippen LogP contribution in [0.3, 0.4) is 0 Å². The van der Waals surface area contributed by atoms with E-state index in [9.17, 15) is 9.59 Å². The second-order valence-electron chi connectivity index (χ2n) is 3.27. The molecule has 0 heterocycles. The molecule has 4 nitrogen and oxygen atoms in total. The summed E-state index contributed by atoms with van der Waals surface area (Å²) in [4.78, 5) is 22.5. The molecule has 86 valence electrons. The van der Waals surface area contributed by atoms with Gasteiger partial charge in [-0.3, -0.25) is 9.59 Å². The average molecular weight is 213 g/mol. The van der Waals surface area contributed by atoms with Crippen LogP contribution < -0.4 is 5.32 Å². The van der Waals surface area contributed by atoms with E-state index in [0.717, 1.165) is 0 Å². The molecule has 15 heavy (non-hydrogen) atoms. The summed E-state index contributed by atoms with van der Waals surface area (Å²) in [5.41, 5.74) is 0. The van der Waals surface area contributed by atoms with E-state index in [1.165, 1.54) is 7.11 Å². The molecular formula is C11H19NO3. The van der Waals surface area contributed by atoms with Crippen molar-refractivity contribution in [2.45, 2.75) is 31.7 Å². The summed E-state index contributed by atoms with van der Waals surface area (Å²) in [7, 11) is 3.02. The molecule has 0 aliphatic carbocycles. The van der Waals surface area contributed by atoms with Crippen molar-refractivity contribution in [3.8, 4) is 0 Å². The van der Waals surface area contributed by atoms with Crippen molar-refractivity contribution in [3.05, 3.63) is 12.7 Å². The molecule has 0 bridgehead atoms. The minimum atomic E-state index is -0.386. The maximum absolute atomic E-state index is 11.3. The molecular weight excluding hydrogens is 194 g/mol. The molecule has 0 aromatic rings. The van der Waals surface area contributed by atoms with Gasteiger partial charge in [0.1, 0.15) is 11.8 Å². The van der Waals surface area contributed by atoms with Gasteiger partial charge in [0.2, 0.25) is 0 Å². The van der Waals surface area contributed by atoms with Gasteiger partial charge in [0.05, 0.1) is 7.11 Å². The van der Waals surface area contributed by atoms with E-state index in [1.807, 2.05) is 0 Å². The van der Waals surface area contributed by atoms with Crippen molar-refractivity contribution in [1.82, 2.24) is 5.32 Å². The van der Waals surface area contributed by atoms with Crippen molar-refractivity contribution in [1.29, 1.82) is 0 Å². The van der Waals surface area contributed by atoms with Gasteiger partial charge in [-0.25, -0.2) is 0 Å². The van der Waals surface area contributed by atoms with Crippen molar-refractivity contribution in [2.75, 3.05) is 14.2 Å². The predicted molar refractivity (Wildman–Crippen MR) is 58.5 cm³/mol. The highest BCUT2D eigenvalue weighted by atomic mass is 16.5. The van der Waals surface area contributed by atoms with Gasteiger partial charge >= 0.3 is 5.97 Å². The molecule has 0 radical (unpaired) electrons. The van der Waals surface area contributed by atoms with Crippen LogP contribution in [0.25, 0.3) is 0 Å². The van der Waals surface area contributed by atoms with E-state index < -0.39 is 0 Å². The van der Waals surface area contributed by atoms with Gasteiger partial charge in [0.15, 0.2) is 0 Å². The number of hydrogen-bond donors (Lipinski definition) is 1.